The molecule has 1 aromatic carbocycles. The van der Waals surface area contributed by atoms with Crippen molar-refractivity contribution in [3.05, 3.63) is 40.1 Å². The minimum Gasteiger partial charge on any atom is -0.348 e. The highest BCUT2D eigenvalue weighted by Gasteiger charge is 2.23. The summed E-state index contributed by atoms with van der Waals surface area (Å²) in [6.07, 6.45) is 1.87. The summed E-state index contributed by atoms with van der Waals surface area (Å²) in [7, 11) is 0. The quantitative estimate of drug-likeness (QED) is 0.810. The molecule has 8 heteroatoms. The summed E-state index contributed by atoms with van der Waals surface area (Å²) in [6.45, 7) is 4.92. The Labute approximate surface area is 155 Å². The smallest absolute Gasteiger partial charge is 0.273 e. The fourth-order valence-electron chi connectivity index (χ4n) is 2.91. The Bertz CT molecular complexity index is 720. The molecular weight excluding hydrogens is 394 g/mol. The Kier molecular flexibility index (Phi) is 6.37. The zero-order valence-corrected chi connectivity index (χ0v) is 16.0. The van der Waals surface area contributed by atoms with E-state index in [1.54, 1.807) is 4.68 Å². The monoisotopic (exact) mass is 413 g/mol. The van der Waals surface area contributed by atoms with Crippen LogP contribution in [0.2, 0.25) is 0 Å². The second-order valence-electron chi connectivity index (χ2n) is 5.97. The summed E-state index contributed by atoms with van der Waals surface area (Å²) in [5.41, 5.74) is 2.00. The molecule has 0 radical (unpaired) electrons. The van der Waals surface area contributed by atoms with Crippen molar-refractivity contribution >= 4 is 34.2 Å². The Morgan fingerprint density at radius 2 is 2.25 bits per heavy atom. The van der Waals surface area contributed by atoms with Crippen LogP contribution in [0, 0.1) is 6.92 Å². The number of benzene rings is 1. The van der Waals surface area contributed by atoms with Crippen LogP contribution in [0.25, 0.3) is 5.69 Å². The van der Waals surface area contributed by atoms with Crippen molar-refractivity contribution < 1.29 is 4.79 Å². The van der Waals surface area contributed by atoms with Crippen molar-refractivity contribution in [2.45, 2.75) is 38.8 Å². The molecule has 1 aliphatic heterocycles. The van der Waals surface area contributed by atoms with Gasteiger partial charge in [-0.2, -0.15) is 0 Å². The molecule has 2 atom stereocenters. The number of nitrogens with zero attached hydrogens (tertiary/aromatic N) is 3. The highest BCUT2D eigenvalue weighted by molar-refractivity contribution is 9.10. The van der Waals surface area contributed by atoms with E-state index >= 15 is 0 Å². The second kappa shape index (κ2) is 8.09. The van der Waals surface area contributed by atoms with Crippen molar-refractivity contribution in [1.82, 2.24) is 25.6 Å². The molecule has 1 fully saturated rings. The molecule has 2 aromatic rings. The summed E-state index contributed by atoms with van der Waals surface area (Å²) in [6, 6.07) is 8.36. The van der Waals surface area contributed by atoms with Gasteiger partial charge in [0.25, 0.3) is 5.91 Å². The number of aromatic nitrogens is 3. The van der Waals surface area contributed by atoms with Crippen LogP contribution in [0.15, 0.2) is 28.7 Å². The Morgan fingerprint density at radius 3 is 2.96 bits per heavy atom. The molecule has 0 saturated carbocycles. The first-order chi connectivity index (χ1) is 11.0. The lowest BCUT2D eigenvalue weighted by Crippen LogP contribution is -2.46. The van der Waals surface area contributed by atoms with Crippen molar-refractivity contribution in [2.24, 2.45) is 0 Å². The average molecular weight is 415 g/mol. The van der Waals surface area contributed by atoms with Crippen molar-refractivity contribution in [3.8, 4) is 5.69 Å². The van der Waals surface area contributed by atoms with Crippen LogP contribution >= 0.6 is 28.3 Å². The van der Waals surface area contributed by atoms with E-state index in [4.69, 9.17) is 0 Å². The lowest BCUT2D eigenvalue weighted by atomic mass is 10.0. The van der Waals surface area contributed by atoms with E-state index in [1.165, 1.54) is 0 Å². The lowest BCUT2D eigenvalue weighted by molar-refractivity contribution is 0.0920. The fraction of sp³-hybridized carbons (Fsp3) is 0.438. The van der Waals surface area contributed by atoms with Crippen LogP contribution in [0.3, 0.4) is 0 Å². The van der Waals surface area contributed by atoms with E-state index in [0.717, 1.165) is 35.2 Å². The molecule has 1 amide bonds. The third kappa shape index (κ3) is 4.15. The maximum Gasteiger partial charge on any atom is 0.273 e. The number of piperidine rings is 1. The molecule has 2 unspecified atom stereocenters. The van der Waals surface area contributed by atoms with Gasteiger partial charge in [-0.25, -0.2) is 4.68 Å². The number of halogens is 2. The molecule has 1 aliphatic rings. The molecule has 3 rings (SSSR count). The molecule has 2 N–H and O–H groups in total. The first kappa shape index (κ1) is 18.9. The summed E-state index contributed by atoms with van der Waals surface area (Å²) in [4.78, 5) is 12.5. The number of carbonyl (C=O) groups is 1. The molecule has 0 aliphatic carbocycles. The van der Waals surface area contributed by atoms with Gasteiger partial charge in [0.2, 0.25) is 0 Å². The van der Waals surface area contributed by atoms with Gasteiger partial charge in [0, 0.05) is 16.6 Å². The molecule has 24 heavy (non-hydrogen) atoms. The predicted octanol–water partition coefficient (Wildman–Crippen LogP) is 2.63. The minimum atomic E-state index is -0.150. The van der Waals surface area contributed by atoms with Gasteiger partial charge in [-0.05, 0) is 51.4 Å². The molecule has 1 aromatic heterocycles. The SMILES string of the molecule is Cc1c(C(=O)NC2CCNC(C)C2)nnn1-c1cccc(Br)c1.Cl. The first-order valence-electron chi connectivity index (χ1n) is 7.77. The van der Waals surface area contributed by atoms with Crippen molar-refractivity contribution in [3.63, 3.8) is 0 Å². The van der Waals surface area contributed by atoms with E-state index in [0.29, 0.717) is 11.7 Å². The summed E-state index contributed by atoms with van der Waals surface area (Å²) < 4.78 is 2.64. The van der Waals surface area contributed by atoms with Crippen LogP contribution in [0.5, 0.6) is 0 Å². The topological polar surface area (TPSA) is 71.8 Å². The summed E-state index contributed by atoms with van der Waals surface area (Å²) in [5.74, 6) is -0.150. The Balaban J connectivity index is 0.00000208. The van der Waals surface area contributed by atoms with E-state index < -0.39 is 0 Å². The van der Waals surface area contributed by atoms with Gasteiger partial charge in [-0.3, -0.25) is 4.79 Å². The molecule has 130 valence electrons. The third-order valence-electron chi connectivity index (χ3n) is 4.12. The van der Waals surface area contributed by atoms with Gasteiger partial charge in [0.1, 0.15) is 0 Å². The van der Waals surface area contributed by atoms with Crippen molar-refractivity contribution in [1.29, 1.82) is 0 Å². The fourth-order valence-corrected chi connectivity index (χ4v) is 3.30. The van der Waals surface area contributed by atoms with Gasteiger partial charge < -0.3 is 10.6 Å². The number of hydrogen-bond donors (Lipinski definition) is 2. The molecular formula is C16H21BrClN5O. The molecule has 6 nitrogen and oxygen atoms in total. The van der Waals surface area contributed by atoms with Gasteiger partial charge in [-0.1, -0.05) is 27.2 Å². The van der Waals surface area contributed by atoms with Gasteiger partial charge in [0.05, 0.1) is 11.4 Å². The zero-order chi connectivity index (χ0) is 16.4. The molecule has 0 spiro atoms. The maximum atomic E-state index is 12.5. The number of amides is 1. The Hall–Kier alpha value is -1.44. The van der Waals surface area contributed by atoms with Gasteiger partial charge in [0.15, 0.2) is 5.69 Å². The molecule has 0 bridgehead atoms. The highest BCUT2D eigenvalue weighted by Crippen LogP contribution is 2.17. The van der Waals surface area contributed by atoms with E-state index in [1.807, 2.05) is 31.2 Å². The predicted molar refractivity (Wildman–Crippen MR) is 99.0 cm³/mol. The first-order valence-corrected chi connectivity index (χ1v) is 8.56. The van der Waals surface area contributed by atoms with Crippen LogP contribution in [-0.4, -0.2) is 39.5 Å². The number of carbonyl (C=O) groups excluding carboxylic acids is 1. The summed E-state index contributed by atoms with van der Waals surface area (Å²) >= 11 is 3.44. The Morgan fingerprint density at radius 1 is 1.46 bits per heavy atom. The number of hydrogen-bond acceptors (Lipinski definition) is 4. The van der Waals surface area contributed by atoms with Crippen LogP contribution < -0.4 is 10.6 Å². The maximum absolute atomic E-state index is 12.5. The largest absolute Gasteiger partial charge is 0.348 e. The molecule has 2 heterocycles. The van der Waals surface area contributed by atoms with Crippen LogP contribution in [0.4, 0.5) is 0 Å². The van der Waals surface area contributed by atoms with Gasteiger partial charge in [-0.15, -0.1) is 17.5 Å². The second-order valence-corrected chi connectivity index (χ2v) is 6.88. The number of rotatable bonds is 3. The summed E-state index contributed by atoms with van der Waals surface area (Å²) in [5, 5.41) is 14.7. The minimum absolute atomic E-state index is 0. The van der Waals surface area contributed by atoms with E-state index in [9.17, 15) is 4.79 Å². The average Bonchev–Trinajstić information content (AvgIpc) is 2.89. The zero-order valence-electron chi connectivity index (χ0n) is 13.6. The third-order valence-corrected chi connectivity index (χ3v) is 4.61. The highest BCUT2D eigenvalue weighted by atomic mass is 79.9. The van der Waals surface area contributed by atoms with Gasteiger partial charge >= 0.3 is 0 Å². The lowest BCUT2D eigenvalue weighted by Gasteiger charge is -2.28. The van der Waals surface area contributed by atoms with Crippen molar-refractivity contribution in [2.75, 3.05) is 6.54 Å². The van der Waals surface area contributed by atoms with E-state index in [2.05, 4.69) is 43.8 Å². The van der Waals surface area contributed by atoms with Crippen LogP contribution in [-0.2, 0) is 0 Å². The molecule has 1 saturated heterocycles. The number of nitrogens with one attached hydrogen (secondary N) is 2. The van der Waals surface area contributed by atoms with E-state index in [-0.39, 0.29) is 24.4 Å². The normalized spacial score (nSPS) is 20.3. The standard InChI is InChI=1S/C16H20BrN5O.ClH/c1-10-8-13(6-7-18-10)19-16(23)15-11(2)22(21-20-15)14-5-3-4-12(17)9-14;/h3-5,9-10,13,18H,6-8H2,1-2H3,(H,19,23);1H. The van der Waals surface area contributed by atoms with Crippen LogP contribution in [0.1, 0.15) is 35.9 Å².